The lowest BCUT2D eigenvalue weighted by Crippen LogP contribution is -2.60. The average Bonchev–Trinajstić information content (AvgIpc) is 2.95. The number of benzene rings is 2. The number of aromatic hydroxyl groups is 4. The molecule has 8 N–H and O–H groups in total. The smallest absolute Gasteiger partial charge is 0.348 e. The fourth-order valence-electron chi connectivity index (χ4n) is 4.28. The van der Waals surface area contributed by atoms with E-state index in [9.17, 15) is 59.7 Å². The summed E-state index contributed by atoms with van der Waals surface area (Å²) >= 11 is 0. The Balaban J connectivity index is 1.86. The molecule has 3 rings (SSSR count). The molecule has 1 unspecified atom stereocenters. The summed E-state index contributed by atoms with van der Waals surface area (Å²) in [6, 6.07) is 7.10. The lowest BCUT2D eigenvalue weighted by atomic mass is 9.79. The van der Waals surface area contributed by atoms with Gasteiger partial charge in [-0.15, -0.1) is 0 Å². The number of hydrogen-bond donors (Lipinski definition) is 8. The van der Waals surface area contributed by atoms with Crippen molar-refractivity contribution in [1.29, 1.82) is 0 Å². The molecule has 0 spiro atoms. The van der Waals surface area contributed by atoms with Crippen LogP contribution in [-0.2, 0) is 38.2 Å². The van der Waals surface area contributed by atoms with Crippen LogP contribution in [0.5, 0.6) is 23.0 Å². The van der Waals surface area contributed by atoms with Crippen LogP contribution in [0.1, 0.15) is 30.4 Å². The molecule has 2 aromatic rings. The Hall–Kier alpha value is -5.61. The Morgan fingerprint density at radius 2 is 1.33 bits per heavy atom. The molecule has 240 valence electrons. The molecule has 0 aliphatic heterocycles. The van der Waals surface area contributed by atoms with Crippen molar-refractivity contribution >= 4 is 42.0 Å². The molecule has 16 heteroatoms. The van der Waals surface area contributed by atoms with Gasteiger partial charge in [-0.25, -0.2) is 19.2 Å². The van der Waals surface area contributed by atoms with Gasteiger partial charge in [-0.2, -0.15) is 0 Å². The summed E-state index contributed by atoms with van der Waals surface area (Å²) in [7, 11) is 0. The highest BCUT2D eigenvalue weighted by Crippen LogP contribution is 2.37. The molecule has 45 heavy (non-hydrogen) atoms. The molecule has 0 aromatic heterocycles. The average molecular weight is 633 g/mol. The van der Waals surface area contributed by atoms with Crippen LogP contribution in [0, 0.1) is 0 Å². The van der Waals surface area contributed by atoms with E-state index >= 15 is 0 Å². The van der Waals surface area contributed by atoms with Crippen LogP contribution in [0.15, 0.2) is 48.6 Å². The van der Waals surface area contributed by atoms with E-state index in [1.807, 2.05) is 0 Å². The molecule has 1 fully saturated rings. The topological polar surface area (TPSA) is 275 Å². The fraction of sp³-hybridized carbons (Fsp3) is 0.276. The monoisotopic (exact) mass is 632 g/mol. The number of aliphatic carboxylic acids is 2. The second kappa shape index (κ2) is 14.2. The molecule has 0 heterocycles. The minimum absolute atomic E-state index is 0.206. The van der Waals surface area contributed by atoms with Gasteiger partial charge in [0.25, 0.3) is 0 Å². The van der Waals surface area contributed by atoms with Gasteiger partial charge < -0.3 is 55.1 Å². The predicted molar refractivity (Wildman–Crippen MR) is 147 cm³/mol. The van der Waals surface area contributed by atoms with Crippen LogP contribution < -0.4 is 0 Å². The van der Waals surface area contributed by atoms with Gasteiger partial charge in [0.05, 0.1) is 12.5 Å². The Morgan fingerprint density at radius 1 is 0.800 bits per heavy atom. The largest absolute Gasteiger partial charge is 0.504 e. The highest BCUT2D eigenvalue weighted by molar-refractivity contribution is 5.91. The van der Waals surface area contributed by atoms with Gasteiger partial charge in [-0.3, -0.25) is 4.79 Å². The Morgan fingerprint density at radius 3 is 1.82 bits per heavy atom. The number of carbonyl (C=O) groups excluding carboxylic acids is 3. The number of carboxylic acids is 2. The summed E-state index contributed by atoms with van der Waals surface area (Å²) in [4.78, 5) is 61.0. The highest BCUT2D eigenvalue weighted by atomic mass is 16.6. The van der Waals surface area contributed by atoms with E-state index in [0.29, 0.717) is 0 Å². The van der Waals surface area contributed by atoms with Gasteiger partial charge in [0.15, 0.2) is 35.2 Å². The van der Waals surface area contributed by atoms with Crippen molar-refractivity contribution < 1.29 is 79.0 Å². The Kier molecular flexibility index (Phi) is 10.7. The summed E-state index contributed by atoms with van der Waals surface area (Å²) in [5, 5.41) is 77.7. The number of aliphatic hydroxyl groups is 2. The Bertz CT molecular complexity index is 1530. The first-order chi connectivity index (χ1) is 21.1. The normalized spacial score (nSPS) is 22.0. The number of carboxylic acid groups (broad SMARTS) is 2. The van der Waals surface area contributed by atoms with Crippen molar-refractivity contribution in [2.45, 2.75) is 49.3 Å². The molecule has 1 aliphatic carbocycles. The number of hydrogen-bond acceptors (Lipinski definition) is 14. The second-order valence-electron chi connectivity index (χ2n) is 9.85. The second-order valence-corrected chi connectivity index (χ2v) is 9.85. The minimum Gasteiger partial charge on any atom is -0.504 e. The van der Waals surface area contributed by atoms with Gasteiger partial charge in [0, 0.05) is 25.0 Å². The minimum atomic E-state index is -2.58. The summed E-state index contributed by atoms with van der Waals surface area (Å²) in [5.74, 6) is -9.21. The number of ether oxygens (including phenoxy) is 3. The van der Waals surface area contributed by atoms with Crippen LogP contribution >= 0.6 is 0 Å². The van der Waals surface area contributed by atoms with Crippen LogP contribution in [-0.4, -0.2) is 101 Å². The van der Waals surface area contributed by atoms with Crippen molar-refractivity contribution in [3.05, 3.63) is 59.7 Å². The number of aliphatic hydroxyl groups excluding tert-OH is 2. The van der Waals surface area contributed by atoms with Crippen LogP contribution in [0.2, 0.25) is 0 Å². The Labute approximate surface area is 253 Å². The molecule has 0 amide bonds. The molecule has 16 nitrogen and oxygen atoms in total. The summed E-state index contributed by atoms with van der Waals surface area (Å²) in [5.41, 5.74) is -2.14. The zero-order valence-electron chi connectivity index (χ0n) is 23.0. The van der Waals surface area contributed by atoms with E-state index in [-0.39, 0.29) is 11.1 Å². The lowest BCUT2D eigenvalue weighted by Gasteiger charge is -2.42. The first-order valence-electron chi connectivity index (χ1n) is 13.0. The molecule has 5 atom stereocenters. The highest BCUT2D eigenvalue weighted by Gasteiger charge is 2.56. The SMILES string of the molecule is O=C(O)CC(O)C(=O)O[C@@H]1C[C@](OC(=O)/C=C/c2ccc(O)c(O)c2)(C(=O)O)C[C@@H](O)[C@H]1OC(=O)/C=C/c1ccc(O)c(O)c1. The zero-order valence-corrected chi connectivity index (χ0v) is 23.0. The quantitative estimate of drug-likeness (QED) is 0.0721. The summed E-state index contributed by atoms with van der Waals surface area (Å²) in [6.07, 6.45) is -6.88. The third kappa shape index (κ3) is 8.94. The summed E-state index contributed by atoms with van der Waals surface area (Å²) in [6.45, 7) is 0. The van der Waals surface area contributed by atoms with Gasteiger partial charge in [0.2, 0.25) is 5.60 Å². The maximum Gasteiger partial charge on any atom is 0.348 e. The molecule has 2 aromatic carbocycles. The van der Waals surface area contributed by atoms with Gasteiger partial charge in [-0.1, -0.05) is 12.1 Å². The molecule has 0 saturated heterocycles. The molecular formula is C29H28O16. The third-order valence-corrected chi connectivity index (χ3v) is 6.48. The van der Waals surface area contributed by atoms with Crippen molar-refractivity contribution in [1.82, 2.24) is 0 Å². The summed E-state index contributed by atoms with van der Waals surface area (Å²) < 4.78 is 15.4. The van der Waals surface area contributed by atoms with E-state index in [1.54, 1.807) is 0 Å². The fourth-order valence-corrected chi connectivity index (χ4v) is 4.28. The van der Waals surface area contributed by atoms with Crippen LogP contribution in [0.4, 0.5) is 0 Å². The molecule has 1 saturated carbocycles. The number of phenols is 4. The maximum absolute atomic E-state index is 12.6. The van der Waals surface area contributed by atoms with Gasteiger partial charge in [0.1, 0.15) is 6.10 Å². The van der Waals surface area contributed by atoms with E-state index in [2.05, 4.69) is 0 Å². The number of phenolic OH excluding ortho intramolecular Hbond substituents is 4. The third-order valence-electron chi connectivity index (χ3n) is 6.48. The van der Waals surface area contributed by atoms with Crippen molar-refractivity contribution in [2.24, 2.45) is 0 Å². The van der Waals surface area contributed by atoms with E-state index in [4.69, 9.17) is 19.3 Å². The van der Waals surface area contributed by atoms with Crippen molar-refractivity contribution in [3.63, 3.8) is 0 Å². The van der Waals surface area contributed by atoms with Crippen LogP contribution in [0.25, 0.3) is 12.2 Å². The molecule has 1 aliphatic rings. The van der Waals surface area contributed by atoms with E-state index in [1.165, 1.54) is 12.1 Å². The van der Waals surface area contributed by atoms with E-state index in [0.717, 1.165) is 48.6 Å². The lowest BCUT2D eigenvalue weighted by molar-refractivity contribution is -0.216. The van der Waals surface area contributed by atoms with E-state index < -0.39 is 102 Å². The number of rotatable bonds is 11. The first-order valence-corrected chi connectivity index (χ1v) is 13.0. The molecule has 0 radical (unpaired) electrons. The van der Waals surface area contributed by atoms with Crippen LogP contribution in [0.3, 0.4) is 0 Å². The molecule has 0 bridgehead atoms. The maximum atomic E-state index is 12.6. The zero-order chi connectivity index (χ0) is 33.5. The van der Waals surface area contributed by atoms with Crippen molar-refractivity contribution in [2.75, 3.05) is 0 Å². The molecular weight excluding hydrogens is 604 g/mol. The van der Waals surface area contributed by atoms with Gasteiger partial charge >= 0.3 is 29.8 Å². The standard InChI is InChI=1S/C29H28O16/c30-16-5-1-14(9-18(16)32)3-7-24(38)44-26-21(35)12-29(28(41)42,13-22(26)43-27(40)20(34)11-23(36)37)45-25(39)8-4-15-2-6-17(31)19(33)10-15/h1-10,20-22,26,30-35H,11-13H2,(H,36,37)(H,41,42)/b7-3+,8-4+/t20?,21-,22-,26-,29+/m1/s1. The first kappa shape index (κ1) is 33.9. The van der Waals surface area contributed by atoms with Crippen molar-refractivity contribution in [3.8, 4) is 23.0 Å². The number of carbonyl (C=O) groups is 5. The number of esters is 3. The van der Waals surface area contributed by atoms with Gasteiger partial charge in [-0.05, 0) is 47.5 Å². The predicted octanol–water partition coefficient (Wildman–Crippen LogP) is 0.416.